The zero-order valence-electron chi connectivity index (χ0n) is 12.0. The van der Waals surface area contributed by atoms with Crippen molar-refractivity contribution >= 4 is 18.3 Å². The summed E-state index contributed by atoms with van der Waals surface area (Å²) < 4.78 is 5.74. The van der Waals surface area contributed by atoms with E-state index in [1.165, 1.54) is 6.42 Å². The van der Waals surface area contributed by atoms with Gasteiger partial charge in [0.1, 0.15) is 0 Å². The van der Waals surface area contributed by atoms with Crippen molar-refractivity contribution in [3.63, 3.8) is 0 Å². The fraction of sp³-hybridized carbons (Fsp3) is 0.929. The van der Waals surface area contributed by atoms with Crippen LogP contribution in [0.15, 0.2) is 0 Å². The van der Waals surface area contributed by atoms with E-state index in [1.54, 1.807) is 0 Å². The molecule has 3 atom stereocenters. The van der Waals surface area contributed by atoms with Gasteiger partial charge in [0, 0.05) is 19.1 Å². The molecular formula is C14H27ClN2O2. The van der Waals surface area contributed by atoms with Crippen LogP contribution in [-0.4, -0.2) is 37.7 Å². The molecule has 0 aromatic heterocycles. The molecule has 2 N–H and O–H groups in total. The molecule has 0 aromatic rings. The van der Waals surface area contributed by atoms with Gasteiger partial charge in [0.15, 0.2) is 0 Å². The van der Waals surface area contributed by atoms with Gasteiger partial charge in [-0.05, 0) is 31.7 Å². The molecule has 1 amide bonds. The Balaban J connectivity index is 0.00000180. The van der Waals surface area contributed by atoms with E-state index in [0.29, 0.717) is 17.9 Å². The maximum atomic E-state index is 12.0. The van der Waals surface area contributed by atoms with Crippen molar-refractivity contribution in [3.8, 4) is 0 Å². The van der Waals surface area contributed by atoms with Crippen molar-refractivity contribution in [3.05, 3.63) is 0 Å². The van der Waals surface area contributed by atoms with Crippen molar-refractivity contribution in [1.29, 1.82) is 0 Å². The predicted octanol–water partition coefficient (Wildman–Crippen LogP) is 1.73. The first kappa shape index (κ1) is 16.7. The molecule has 5 heteroatoms. The number of carbonyl (C=O) groups excluding carboxylic acids is 1. The summed E-state index contributed by atoms with van der Waals surface area (Å²) in [7, 11) is 0. The van der Waals surface area contributed by atoms with E-state index in [9.17, 15) is 4.79 Å². The quantitative estimate of drug-likeness (QED) is 0.829. The van der Waals surface area contributed by atoms with Crippen molar-refractivity contribution in [2.75, 3.05) is 19.7 Å². The normalized spacial score (nSPS) is 31.0. The fourth-order valence-electron chi connectivity index (χ4n) is 3.04. The van der Waals surface area contributed by atoms with Crippen LogP contribution in [0.25, 0.3) is 0 Å². The number of rotatable bonds is 4. The molecule has 0 aliphatic carbocycles. The molecule has 0 spiro atoms. The standard InChI is InChI=1S/C14H26N2O2.ClH/c1-10(2)13-11(6-8-18-13)9-16-14(17)12-5-3-4-7-15-12;/h10-13,15H,3-9H2,1-2H3,(H,16,17);1H. The first-order valence-electron chi connectivity index (χ1n) is 7.31. The predicted molar refractivity (Wildman–Crippen MR) is 78.6 cm³/mol. The Kier molecular flexibility index (Phi) is 7.11. The SMILES string of the molecule is CC(C)C1OCCC1CNC(=O)C1CCCCN1.Cl. The fourth-order valence-corrected chi connectivity index (χ4v) is 3.04. The van der Waals surface area contributed by atoms with Gasteiger partial charge < -0.3 is 15.4 Å². The summed E-state index contributed by atoms with van der Waals surface area (Å²) in [5.74, 6) is 1.18. The molecule has 2 aliphatic heterocycles. The minimum atomic E-state index is 0. The maximum Gasteiger partial charge on any atom is 0.237 e. The van der Waals surface area contributed by atoms with Gasteiger partial charge in [-0.1, -0.05) is 20.3 Å². The summed E-state index contributed by atoms with van der Waals surface area (Å²) in [6, 6.07) is 0.0265. The number of piperidine rings is 1. The smallest absolute Gasteiger partial charge is 0.237 e. The zero-order valence-corrected chi connectivity index (χ0v) is 12.8. The molecule has 3 unspecified atom stereocenters. The molecule has 2 heterocycles. The third-order valence-corrected chi connectivity index (χ3v) is 4.09. The van der Waals surface area contributed by atoms with E-state index in [-0.39, 0.29) is 24.4 Å². The van der Waals surface area contributed by atoms with Crippen molar-refractivity contribution in [2.45, 2.75) is 51.7 Å². The van der Waals surface area contributed by atoms with Gasteiger partial charge in [-0.2, -0.15) is 0 Å². The zero-order chi connectivity index (χ0) is 13.0. The second-order valence-electron chi connectivity index (χ2n) is 5.88. The molecule has 2 fully saturated rings. The van der Waals surface area contributed by atoms with Crippen LogP contribution < -0.4 is 10.6 Å². The number of ether oxygens (including phenoxy) is 1. The molecular weight excluding hydrogens is 264 g/mol. The summed E-state index contributed by atoms with van der Waals surface area (Å²) in [5, 5.41) is 6.38. The van der Waals surface area contributed by atoms with Crippen LogP contribution in [0.1, 0.15) is 39.5 Å². The van der Waals surface area contributed by atoms with Gasteiger partial charge in [0.05, 0.1) is 12.1 Å². The summed E-state index contributed by atoms with van der Waals surface area (Å²) in [5.41, 5.74) is 0. The second kappa shape index (κ2) is 8.08. The Morgan fingerprint density at radius 1 is 1.37 bits per heavy atom. The maximum absolute atomic E-state index is 12.0. The van der Waals surface area contributed by atoms with Crippen LogP contribution in [0.4, 0.5) is 0 Å². The molecule has 112 valence electrons. The molecule has 19 heavy (non-hydrogen) atoms. The van der Waals surface area contributed by atoms with Crippen LogP contribution in [0.5, 0.6) is 0 Å². The van der Waals surface area contributed by atoms with Gasteiger partial charge in [0.2, 0.25) is 5.91 Å². The molecule has 2 rings (SSSR count). The average Bonchev–Trinajstić information content (AvgIpc) is 2.85. The highest BCUT2D eigenvalue weighted by atomic mass is 35.5. The van der Waals surface area contributed by atoms with Crippen LogP contribution >= 0.6 is 12.4 Å². The Morgan fingerprint density at radius 2 is 2.16 bits per heavy atom. The lowest BCUT2D eigenvalue weighted by molar-refractivity contribution is -0.124. The van der Waals surface area contributed by atoms with Crippen LogP contribution in [-0.2, 0) is 9.53 Å². The van der Waals surface area contributed by atoms with Gasteiger partial charge >= 0.3 is 0 Å². The highest BCUT2D eigenvalue weighted by Crippen LogP contribution is 2.26. The van der Waals surface area contributed by atoms with Gasteiger partial charge in [0.25, 0.3) is 0 Å². The topological polar surface area (TPSA) is 50.4 Å². The van der Waals surface area contributed by atoms with Crippen LogP contribution in [0.2, 0.25) is 0 Å². The highest BCUT2D eigenvalue weighted by Gasteiger charge is 2.31. The molecule has 2 aliphatic rings. The first-order valence-corrected chi connectivity index (χ1v) is 7.31. The molecule has 0 bridgehead atoms. The van der Waals surface area contributed by atoms with E-state index in [4.69, 9.17) is 4.74 Å². The summed E-state index contributed by atoms with van der Waals surface area (Å²) in [6.45, 7) is 6.95. The minimum Gasteiger partial charge on any atom is -0.378 e. The van der Waals surface area contributed by atoms with E-state index in [1.807, 2.05) is 0 Å². The van der Waals surface area contributed by atoms with E-state index in [0.717, 1.165) is 39.0 Å². The Hall–Kier alpha value is -0.320. The van der Waals surface area contributed by atoms with Crippen molar-refractivity contribution < 1.29 is 9.53 Å². The highest BCUT2D eigenvalue weighted by molar-refractivity contribution is 5.85. The summed E-state index contributed by atoms with van der Waals surface area (Å²) in [4.78, 5) is 12.0. The average molecular weight is 291 g/mol. The van der Waals surface area contributed by atoms with E-state index < -0.39 is 0 Å². The lowest BCUT2D eigenvalue weighted by atomic mass is 9.93. The van der Waals surface area contributed by atoms with Gasteiger partial charge in [-0.15, -0.1) is 12.4 Å². The van der Waals surface area contributed by atoms with E-state index >= 15 is 0 Å². The van der Waals surface area contributed by atoms with Crippen molar-refractivity contribution in [2.24, 2.45) is 11.8 Å². The number of hydrogen-bond acceptors (Lipinski definition) is 3. The van der Waals surface area contributed by atoms with Crippen LogP contribution in [0.3, 0.4) is 0 Å². The molecule has 0 saturated carbocycles. The van der Waals surface area contributed by atoms with E-state index in [2.05, 4.69) is 24.5 Å². The minimum absolute atomic E-state index is 0. The summed E-state index contributed by atoms with van der Waals surface area (Å²) in [6.07, 6.45) is 4.70. The number of carbonyl (C=O) groups is 1. The lowest BCUT2D eigenvalue weighted by Gasteiger charge is -2.25. The largest absolute Gasteiger partial charge is 0.378 e. The Bertz CT molecular complexity index is 281. The first-order chi connectivity index (χ1) is 8.68. The number of nitrogens with one attached hydrogen (secondary N) is 2. The number of halogens is 1. The monoisotopic (exact) mass is 290 g/mol. The van der Waals surface area contributed by atoms with Gasteiger partial charge in [-0.3, -0.25) is 4.79 Å². The molecule has 0 radical (unpaired) electrons. The Morgan fingerprint density at radius 3 is 2.79 bits per heavy atom. The summed E-state index contributed by atoms with van der Waals surface area (Å²) >= 11 is 0. The van der Waals surface area contributed by atoms with Gasteiger partial charge in [-0.25, -0.2) is 0 Å². The number of hydrogen-bond donors (Lipinski definition) is 2. The van der Waals surface area contributed by atoms with Crippen LogP contribution in [0, 0.1) is 11.8 Å². The lowest BCUT2D eigenvalue weighted by Crippen LogP contribution is -2.48. The Labute approximate surface area is 122 Å². The molecule has 0 aromatic carbocycles. The third kappa shape index (κ3) is 4.62. The third-order valence-electron chi connectivity index (χ3n) is 4.09. The molecule has 2 saturated heterocycles. The molecule has 4 nitrogen and oxygen atoms in total. The van der Waals surface area contributed by atoms with Crippen molar-refractivity contribution in [1.82, 2.24) is 10.6 Å². The number of amides is 1. The second-order valence-corrected chi connectivity index (χ2v) is 5.88.